The number of nitrogens with zero attached hydrogens (tertiary/aromatic N) is 7. The van der Waals surface area contributed by atoms with Gasteiger partial charge in [-0.05, 0) is 35.8 Å². The Labute approximate surface area is 184 Å². The zero-order chi connectivity index (χ0) is 21.4. The Balaban J connectivity index is 1.51. The van der Waals surface area contributed by atoms with Crippen molar-refractivity contribution in [2.45, 2.75) is 33.2 Å². The summed E-state index contributed by atoms with van der Waals surface area (Å²) in [6, 6.07) is 10.4. The molecule has 4 heterocycles. The van der Waals surface area contributed by atoms with Crippen LogP contribution in [-0.2, 0) is 13.0 Å². The molecule has 8 nitrogen and oxygen atoms in total. The number of halogens is 1. The fourth-order valence-electron chi connectivity index (χ4n) is 3.98. The Morgan fingerprint density at radius 1 is 1.16 bits per heavy atom. The van der Waals surface area contributed by atoms with Crippen LogP contribution in [0.4, 0.5) is 11.6 Å². The van der Waals surface area contributed by atoms with Crippen LogP contribution < -0.4 is 4.48 Å². The van der Waals surface area contributed by atoms with Crippen molar-refractivity contribution in [1.29, 1.82) is 0 Å². The van der Waals surface area contributed by atoms with Crippen LogP contribution in [0.1, 0.15) is 30.3 Å². The van der Waals surface area contributed by atoms with Gasteiger partial charge in [0.2, 0.25) is 0 Å². The number of H-pyrrole nitrogens is 1. The second-order valence-electron chi connectivity index (χ2n) is 7.65. The number of hydrogen-bond acceptors (Lipinski definition) is 5. The molecule has 1 aromatic carbocycles. The van der Waals surface area contributed by atoms with Gasteiger partial charge in [0.15, 0.2) is 5.65 Å². The predicted molar refractivity (Wildman–Crippen MR) is 121 cm³/mol. The van der Waals surface area contributed by atoms with E-state index in [1.807, 2.05) is 30.7 Å². The zero-order valence-electron chi connectivity index (χ0n) is 17.3. The summed E-state index contributed by atoms with van der Waals surface area (Å²) in [6.45, 7) is 4.95. The molecule has 4 aromatic rings. The van der Waals surface area contributed by atoms with Gasteiger partial charge in [-0.25, -0.2) is 9.97 Å². The van der Waals surface area contributed by atoms with Crippen molar-refractivity contribution in [2.24, 2.45) is 0 Å². The number of fused-ring (bicyclic) bond motifs is 1. The van der Waals surface area contributed by atoms with E-state index in [0.29, 0.717) is 17.5 Å². The zero-order valence-corrected chi connectivity index (χ0v) is 18.1. The Morgan fingerprint density at radius 2 is 2.00 bits per heavy atom. The molecule has 1 aliphatic heterocycles. The molecule has 9 heteroatoms. The molecular weight excluding hydrogens is 412 g/mol. The third-order valence-electron chi connectivity index (χ3n) is 5.55. The number of hydrogen-bond donors (Lipinski definition) is 1. The number of aromatic nitrogens is 7. The molecule has 0 saturated carbocycles. The molecule has 31 heavy (non-hydrogen) atoms. The maximum absolute atomic E-state index is 6.26. The lowest BCUT2D eigenvalue weighted by Crippen LogP contribution is -2.31. The van der Waals surface area contributed by atoms with E-state index in [1.54, 1.807) is 0 Å². The summed E-state index contributed by atoms with van der Waals surface area (Å²) in [5.41, 5.74) is 5.18. The summed E-state index contributed by atoms with van der Waals surface area (Å²) >= 11 is 6.26. The average Bonchev–Trinajstić information content (AvgIpc) is 3.50. The second-order valence-corrected chi connectivity index (χ2v) is 8.09. The van der Waals surface area contributed by atoms with Gasteiger partial charge in [0.25, 0.3) is 0 Å². The number of tetrazole rings is 1. The van der Waals surface area contributed by atoms with Crippen LogP contribution in [0.15, 0.2) is 60.0 Å². The number of quaternary nitrogens is 1. The Bertz CT molecular complexity index is 1290. The van der Waals surface area contributed by atoms with E-state index in [1.165, 1.54) is 0 Å². The minimum Gasteiger partial charge on any atom is -0.308 e. The molecule has 1 N–H and O–H groups in total. The van der Waals surface area contributed by atoms with Gasteiger partial charge in [0, 0.05) is 30.8 Å². The lowest BCUT2D eigenvalue weighted by molar-refractivity contribution is 0.639. The van der Waals surface area contributed by atoms with Crippen molar-refractivity contribution >= 4 is 34.4 Å². The standard InChI is InChI=1S/C22H22ClN8/c1-3-4-19-25-20-15(2)9-11-24-21(20)30(19)13-16-5-7-18(8-6-16)31(12-10-17(23)14-31)22-26-28-29-27-22/h5-12,14H,3-4,13H2,1-2H3,(H,26,27,28,29)/q+1. The molecule has 0 aliphatic carbocycles. The maximum atomic E-state index is 6.26. The van der Waals surface area contributed by atoms with E-state index in [-0.39, 0.29) is 4.48 Å². The molecule has 1 aliphatic rings. The van der Waals surface area contributed by atoms with Gasteiger partial charge in [0.05, 0.1) is 6.54 Å². The summed E-state index contributed by atoms with van der Waals surface area (Å²) in [6.07, 6.45) is 9.47. The predicted octanol–water partition coefficient (Wildman–Crippen LogP) is 4.50. The van der Waals surface area contributed by atoms with Gasteiger partial charge < -0.3 is 4.57 Å². The van der Waals surface area contributed by atoms with Crippen LogP contribution in [0.5, 0.6) is 0 Å². The molecule has 0 saturated heterocycles. The molecule has 0 fully saturated rings. The van der Waals surface area contributed by atoms with Crippen LogP contribution in [0.3, 0.4) is 0 Å². The minimum atomic E-state index is 0.186. The molecular formula is C22H22ClN8+. The molecule has 0 amide bonds. The number of benzene rings is 1. The van der Waals surface area contributed by atoms with E-state index in [0.717, 1.165) is 46.6 Å². The fraction of sp³-hybridized carbons (Fsp3) is 0.227. The molecule has 1 atom stereocenters. The first-order valence-corrected chi connectivity index (χ1v) is 10.6. The van der Waals surface area contributed by atoms with E-state index in [4.69, 9.17) is 16.6 Å². The summed E-state index contributed by atoms with van der Waals surface area (Å²) < 4.78 is 2.41. The fourth-order valence-corrected chi connectivity index (χ4v) is 4.19. The molecule has 0 spiro atoms. The number of allylic oxidation sites excluding steroid dienone is 2. The van der Waals surface area contributed by atoms with Gasteiger partial charge in [-0.2, -0.15) is 9.70 Å². The molecule has 0 radical (unpaired) electrons. The quantitative estimate of drug-likeness (QED) is 0.452. The van der Waals surface area contributed by atoms with Crippen molar-refractivity contribution in [3.8, 4) is 0 Å². The first kappa shape index (κ1) is 19.6. The number of pyridine rings is 1. The Hall–Kier alpha value is -3.36. The van der Waals surface area contributed by atoms with Gasteiger partial charge >= 0.3 is 5.95 Å². The Kier molecular flexibility index (Phi) is 4.88. The van der Waals surface area contributed by atoms with E-state index < -0.39 is 0 Å². The highest BCUT2D eigenvalue weighted by Crippen LogP contribution is 2.38. The van der Waals surface area contributed by atoms with Gasteiger partial charge in [-0.15, -0.1) is 0 Å². The average molecular weight is 434 g/mol. The number of nitrogens with one attached hydrogen (secondary N) is 1. The van der Waals surface area contributed by atoms with Crippen LogP contribution >= 0.6 is 11.6 Å². The molecule has 5 rings (SSSR count). The lowest BCUT2D eigenvalue weighted by atomic mass is 10.1. The highest BCUT2D eigenvalue weighted by Gasteiger charge is 2.37. The van der Waals surface area contributed by atoms with Gasteiger partial charge in [0.1, 0.15) is 34.5 Å². The number of imidazole rings is 1. The third kappa shape index (κ3) is 3.34. The number of aromatic amines is 1. The minimum absolute atomic E-state index is 0.186. The SMILES string of the molecule is CCCc1nc2c(C)ccnc2n1Cc1ccc([N+]2(c3nn[nH]n3)C=CC(Cl)=C2)cc1. The number of aryl methyl sites for hydroxylation is 2. The van der Waals surface area contributed by atoms with Crippen molar-refractivity contribution < 1.29 is 0 Å². The normalized spacial score (nSPS) is 18.1. The summed E-state index contributed by atoms with van der Waals surface area (Å²) in [7, 11) is 0. The van der Waals surface area contributed by atoms with Crippen LogP contribution in [0, 0.1) is 6.92 Å². The van der Waals surface area contributed by atoms with Crippen molar-refractivity contribution in [3.63, 3.8) is 0 Å². The van der Waals surface area contributed by atoms with Crippen molar-refractivity contribution in [3.05, 3.63) is 77.0 Å². The van der Waals surface area contributed by atoms with Crippen LogP contribution in [0.2, 0.25) is 0 Å². The van der Waals surface area contributed by atoms with E-state index in [9.17, 15) is 0 Å². The molecule has 0 bridgehead atoms. The topological polar surface area (TPSA) is 85.2 Å². The Morgan fingerprint density at radius 3 is 2.68 bits per heavy atom. The largest absolute Gasteiger partial charge is 0.382 e. The summed E-state index contributed by atoms with van der Waals surface area (Å²) in [4.78, 5) is 9.48. The van der Waals surface area contributed by atoms with Gasteiger partial charge in [-0.1, -0.05) is 40.9 Å². The maximum Gasteiger partial charge on any atom is 0.382 e. The number of rotatable bonds is 6. The summed E-state index contributed by atoms with van der Waals surface area (Å²) in [5.74, 6) is 1.57. The first-order valence-electron chi connectivity index (χ1n) is 10.2. The molecule has 3 aromatic heterocycles. The van der Waals surface area contributed by atoms with Crippen molar-refractivity contribution in [2.75, 3.05) is 0 Å². The third-order valence-corrected chi connectivity index (χ3v) is 5.78. The second kappa shape index (κ2) is 7.72. The highest BCUT2D eigenvalue weighted by molar-refractivity contribution is 6.31. The van der Waals surface area contributed by atoms with Gasteiger partial charge in [-0.3, -0.25) is 0 Å². The lowest BCUT2D eigenvalue weighted by Gasteiger charge is -2.23. The highest BCUT2D eigenvalue weighted by atomic mass is 35.5. The smallest absolute Gasteiger partial charge is 0.308 e. The summed E-state index contributed by atoms with van der Waals surface area (Å²) in [5, 5.41) is 15.3. The molecule has 156 valence electrons. The monoisotopic (exact) mass is 433 g/mol. The van der Waals surface area contributed by atoms with Crippen molar-refractivity contribution in [1.82, 2.24) is 39.6 Å². The van der Waals surface area contributed by atoms with Crippen LogP contribution in [-0.4, -0.2) is 35.2 Å². The first-order chi connectivity index (χ1) is 15.1. The molecule has 1 unspecified atom stereocenters. The van der Waals surface area contributed by atoms with E-state index >= 15 is 0 Å². The van der Waals surface area contributed by atoms with Crippen LogP contribution in [0.25, 0.3) is 11.2 Å². The van der Waals surface area contributed by atoms with E-state index in [2.05, 4.69) is 68.3 Å².